The van der Waals surface area contributed by atoms with Crippen LogP contribution in [0.3, 0.4) is 0 Å². The molecule has 1 aliphatic heterocycles. The van der Waals surface area contributed by atoms with E-state index in [-0.39, 0.29) is 23.5 Å². The van der Waals surface area contributed by atoms with Crippen LogP contribution in [0.15, 0.2) is 60.9 Å². The first-order chi connectivity index (χ1) is 13.0. The number of phenolic OH excluding ortho intramolecular Hbond substituents is 1. The summed E-state index contributed by atoms with van der Waals surface area (Å²) >= 11 is 0. The molecule has 0 spiro atoms. The number of aliphatic hydroxyl groups excluding tert-OH is 1. The number of carbonyl (C=O) groups is 1. The summed E-state index contributed by atoms with van der Waals surface area (Å²) in [5, 5.41) is 20.4. The molecule has 1 unspecified atom stereocenters. The van der Waals surface area contributed by atoms with E-state index >= 15 is 0 Å². The summed E-state index contributed by atoms with van der Waals surface area (Å²) in [4.78, 5) is 18.4. The second-order valence-corrected chi connectivity index (χ2v) is 7.04. The Balaban J connectivity index is 1.85. The molecule has 1 aromatic heterocycles. The van der Waals surface area contributed by atoms with Gasteiger partial charge in [-0.3, -0.25) is 4.79 Å². The highest BCUT2D eigenvalue weighted by Gasteiger charge is 2.38. The van der Waals surface area contributed by atoms with Crippen molar-refractivity contribution in [3.63, 3.8) is 0 Å². The normalized spacial score (nSPS) is 17.7. The molecule has 1 aromatic carbocycles. The molecular weight excluding hydrogens is 342 g/mol. The van der Waals surface area contributed by atoms with Crippen molar-refractivity contribution in [2.24, 2.45) is 5.92 Å². The van der Waals surface area contributed by atoms with Crippen molar-refractivity contribution in [2.75, 3.05) is 6.54 Å². The number of benzene rings is 1. The van der Waals surface area contributed by atoms with E-state index in [0.717, 1.165) is 13.0 Å². The van der Waals surface area contributed by atoms with Crippen LogP contribution in [-0.4, -0.2) is 43.2 Å². The minimum atomic E-state index is -0.377. The standard InChI is InChI=1S/C21H25N3O3/c1-15(2)7-8-18-19(16-5-3-6-17(25)13-16)20(26)21(27)24(18)11-4-10-23-12-9-22-14-23/h3,5-9,12-15,18,25-26H,4,10-11H2,1-2H3/b8-7+. The Hall–Kier alpha value is -3.02. The molecule has 3 rings (SSSR count). The second kappa shape index (κ2) is 8.12. The number of hydrogen-bond donors (Lipinski definition) is 2. The molecule has 1 atom stereocenters. The molecule has 2 N–H and O–H groups in total. The summed E-state index contributed by atoms with van der Waals surface area (Å²) in [6.45, 7) is 5.38. The van der Waals surface area contributed by atoms with Crippen molar-refractivity contribution >= 4 is 11.5 Å². The van der Waals surface area contributed by atoms with Crippen molar-refractivity contribution in [3.8, 4) is 5.75 Å². The van der Waals surface area contributed by atoms with Crippen LogP contribution in [0.25, 0.3) is 5.57 Å². The largest absolute Gasteiger partial charge is 0.508 e. The van der Waals surface area contributed by atoms with Crippen molar-refractivity contribution in [2.45, 2.75) is 32.9 Å². The van der Waals surface area contributed by atoms with Gasteiger partial charge in [0.05, 0.1) is 12.4 Å². The number of nitrogens with zero attached hydrogens (tertiary/aromatic N) is 3. The summed E-state index contributed by atoms with van der Waals surface area (Å²) in [5.74, 6) is -0.203. The summed E-state index contributed by atoms with van der Waals surface area (Å²) < 4.78 is 1.96. The van der Waals surface area contributed by atoms with Crippen LogP contribution < -0.4 is 0 Å². The number of phenols is 1. The number of hydrogen-bond acceptors (Lipinski definition) is 4. The van der Waals surface area contributed by atoms with Crippen LogP contribution in [0, 0.1) is 5.92 Å². The molecule has 0 aliphatic carbocycles. The molecule has 6 heteroatoms. The summed E-state index contributed by atoms with van der Waals surface area (Å²) in [6, 6.07) is 6.29. The lowest BCUT2D eigenvalue weighted by molar-refractivity contribution is -0.128. The maximum Gasteiger partial charge on any atom is 0.289 e. The van der Waals surface area contributed by atoms with Gasteiger partial charge in [-0.1, -0.05) is 38.1 Å². The maximum atomic E-state index is 12.7. The Labute approximate surface area is 159 Å². The molecule has 1 aliphatic rings. The first-order valence-electron chi connectivity index (χ1n) is 9.15. The Morgan fingerprint density at radius 3 is 2.74 bits per heavy atom. The summed E-state index contributed by atoms with van der Waals surface area (Å²) in [6.07, 6.45) is 10.1. The first-order valence-corrected chi connectivity index (χ1v) is 9.15. The minimum Gasteiger partial charge on any atom is -0.508 e. The number of rotatable bonds is 7. The van der Waals surface area contributed by atoms with Crippen molar-refractivity contribution in [1.29, 1.82) is 0 Å². The van der Waals surface area contributed by atoms with E-state index in [4.69, 9.17) is 0 Å². The van der Waals surface area contributed by atoms with Crippen molar-refractivity contribution < 1.29 is 15.0 Å². The van der Waals surface area contributed by atoms with Crippen molar-refractivity contribution in [1.82, 2.24) is 14.5 Å². The molecule has 0 bridgehead atoms. The van der Waals surface area contributed by atoms with E-state index in [0.29, 0.717) is 23.6 Å². The highest BCUT2D eigenvalue weighted by Crippen LogP contribution is 2.35. The molecular formula is C21H25N3O3. The Kier molecular flexibility index (Phi) is 5.64. The number of allylic oxidation sites excluding steroid dienone is 1. The van der Waals surface area contributed by atoms with E-state index in [1.165, 1.54) is 0 Å². The van der Waals surface area contributed by atoms with E-state index in [1.54, 1.807) is 41.7 Å². The van der Waals surface area contributed by atoms with Gasteiger partial charge in [0, 0.05) is 31.1 Å². The van der Waals surface area contributed by atoms with Gasteiger partial charge in [-0.25, -0.2) is 4.98 Å². The Morgan fingerprint density at radius 2 is 2.07 bits per heavy atom. The quantitative estimate of drug-likeness (QED) is 0.736. The third-order valence-electron chi connectivity index (χ3n) is 4.56. The van der Waals surface area contributed by atoms with Crippen LogP contribution in [0.4, 0.5) is 0 Å². The lowest BCUT2D eigenvalue weighted by atomic mass is 9.97. The number of aromatic nitrogens is 2. The van der Waals surface area contributed by atoms with Gasteiger partial charge in [0.1, 0.15) is 5.75 Å². The lowest BCUT2D eigenvalue weighted by Gasteiger charge is -2.25. The van der Waals surface area contributed by atoms with Gasteiger partial charge in [0.2, 0.25) is 0 Å². The molecule has 27 heavy (non-hydrogen) atoms. The highest BCUT2D eigenvalue weighted by atomic mass is 16.3. The predicted octanol–water partition coefficient (Wildman–Crippen LogP) is 3.37. The zero-order chi connectivity index (χ0) is 19.4. The van der Waals surface area contributed by atoms with Crippen LogP contribution >= 0.6 is 0 Å². The monoisotopic (exact) mass is 367 g/mol. The minimum absolute atomic E-state index is 0.102. The fraction of sp³-hybridized carbons (Fsp3) is 0.333. The van der Waals surface area contributed by atoms with Gasteiger partial charge in [0.15, 0.2) is 5.76 Å². The molecule has 2 heterocycles. The van der Waals surface area contributed by atoms with Gasteiger partial charge in [-0.15, -0.1) is 0 Å². The molecule has 0 saturated heterocycles. The molecule has 2 aromatic rings. The molecule has 6 nitrogen and oxygen atoms in total. The Bertz CT molecular complexity index is 853. The topological polar surface area (TPSA) is 78.6 Å². The first kappa shape index (κ1) is 18.8. The number of amides is 1. The molecule has 0 saturated carbocycles. The van der Waals surface area contributed by atoms with E-state index in [9.17, 15) is 15.0 Å². The lowest BCUT2D eigenvalue weighted by Crippen LogP contribution is -2.35. The highest BCUT2D eigenvalue weighted by molar-refractivity contribution is 6.05. The zero-order valence-electron chi connectivity index (χ0n) is 15.6. The van der Waals surface area contributed by atoms with E-state index in [2.05, 4.69) is 18.8 Å². The van der Waals surface area contributed by atoms with Crippen LogP contribution in [0.2, 0.25) is 0 Å². The maximum absolute atomic E-state index is 12.7. The predicted molar refractivity (Wildman–Crippen MR) is 104 cm³/mol. The summed E-state index contributed by atoms with van der Waals surface area (Å²) in [5.41, 5.74) is 1.19. The zero-order valence-corrected chi connectivity index (χ0v) is 15.6. The fourth-order valence-corrected chi connectivity index (χ4v) is 3.27. The number of imidazole rings is 1. The molecule has 0 fully saturated rings. The molecule has 0 radical (unpaired) electrons. The number of aromatic hydroxyl groups is 1. The van der Waals surface area contributed by atoms with Gasteiger partial charge in [-0.05, 0) is 30.0 Å². The third kappa shape index (κ3) is 4.22. The van der Waals surface area contributed by atoms with Gasteiger partial charge >= 0.3 is 0 Å². The van der Waals surface area contributed by atoms with Gasteiger partial charge in [-0.2, -0.15) is 0 Å². The van der Waals surface area contributed by atoms with Gasteiger partial charge < -0.3 is 19.7 Å². The number of aryl methyl sites for hydroxylation is 1. The second-order valence-electron chi connectivity index (χ2n) is 7.04. The fourth-order valence-electron chi connectivity index (χ4n) is 3.27. The smallest absolute Gasteiger partial charge is 0.289 e. The average Bonchev–Trinajstić information content (AvgIpc) is 3.22. The number of aliphatic hydroxyl groups is 1. The third-order valence-corrected chi connectivity index (χ3v) is 4.56. The van der Waals surface area contributed by atoms with Crippen molar-refractivity contribution in [3.05, 3.63) is 66.5 Å². The van der Waals surface area contributed by atoms with Gasteiger partial charge in [0.25, 0.3) is 5.91 Å². The molecule has 1 amide bonds. The Morgan fingerprint density at radius 1 is 1.26 bits per heavy atom. The summed E-state index contributed by atoms with van der Waals surface area (Å²) in [7, 11) is 0. The van der Waals surface area contributed by atoms with Crippen LogP contribution in [0.5, 0.6) is 5.75 Å². The number of carbonyl (C=O) groups excluding carboxylic acids is 1. The van der Waals surface area contributed by atoms with E-state index < -0.39 is 0 Å². The van der Waals surface area contributed by atoms with Crippen LogP contribution in [-0.2, 0) is 11.3 Å². The average molecular weight is 367 g/mol. The van der Waals surface area contributed by atoms with E-state index in [1.807, 2.05) is 22.9 Å². The SMILES string of the molecule is CC(C)/C=C/C1C(c2cccc(O)c2)=C(O)C(=O)N1CCCn1ccnc1. The van der Waals surface area contributed by atoms with Crippen LogP contribution in [0.1, 0.15) is 25.8 Å². The molecule has 142 valence electrons.